The van der Waals surface area contributed by atoms with Crippen molar-refractivity contribution in [2.24, 2.45) is 4.99 Å². The van der Waals surface area contributed by atoms with E-state index in [0.29, 0.717) is 38.5 Å². The highest BCUT2D eigenvalue weighted by molar-refractivity contribution is 7.07. The Morgan fingerprint density at radius 1 is 0.981 bits per heavy atom. The van der Waals surface area contributed by atoms with Crippen molar-refractivity contribution < 1.29 is 38.4 Å². The molecule has 274 valence electrons. The van der Waals surface area contributed by atoms with Crippen molar-refractivity contribution in [1.29, 1.82) is 0 Å². The van der Waals surface area contributed by atoms with Gasteiger partial charge in [-0.1, -0.05) is 42.5 Å². The van der Waals surface area contributed by atoms with Crippen LogP contribution in [0.15, 0.2) is 100 Å². The third-order valence-electron chi connectivity index (χ3n) is 7.83. The SMILES string of the molecule is CC(=O)O.CCCOc1ccc(-c2nn(-c3ccccc3)cc2C=c2sc3n(c2=O)C(c2ccc(OC(C)=O)c(OC)c2)C(C(=O)OC)=C(C)N=3)cc1. The van der Waals surface area contributed by atoms with Gasteiger partial charge in [0.15, 0.2) is 16.3 Å². The molecular formula is C39H38N4O9S. The molecule has 0 aliphatic carbocycles. The molecule has 13 nitrogen and oxygen atoms in total. The standard InChI is InChI=1S/C37H34N4O7S.C2H4O2/c1-6-18-47-28-15-12-24(13-16-28)33-26(21-40(39-33)27-10-8-7-9-11-27)20-31-35(43)41-34(32(36(44)46-5)22(2)38-37(41)49-31)25-14-17-29(48-23(3)42)30(19-25)45-4;1-2(3)4/h7-17,19-21,34H,6,18H2,1-5H3;1H3,(H,3,4). The smallest absolute Gasteiger partial charge is 0.338 e. The number of para-hydroxylation sites is 1. The number of hydrogen-bond acceptors (Lipinski definition) is 11. The molecule has 1 aliphatic rings. The van der Waals surface area contributed by atoms with Crippen LogP contribution >= 0.6 is 11.3 Å². The van der Waals surface area contributed by atoms with Crippen molar-refractivity contribution in [2.75, 3.05) is 20.8 Å². The molecule has 0 saturated heterocycles. The molecular weight excluding hydrogens is 701 g/mol. The van der Waals surface area contributed by atoms with Crippen LogP contribution in [-0.4, -0.2) is 58.2 Å². The lowest BCUT2D eigenvalue weighted by molar-refractivity contribution is -0.137. The number of carboxylic acids is 1. The number of carboxylic acid groups (broad SMARTS) is 1. The molecule has 0 radical (unpaired) electrons. The Morgan fingerprint density at radius 3 is 2.30 bits per heavy atom. The van der Waals surface area contributed by atoms with Crippen molar-refractivity contribution in [2.45, 2.75) is 40.2 Å². The second-order valence-corrected chi connectivity index (χ2v) is 12.7. The maximum atomic E-state index is 14.4. The van der Waals surface area contributed by atoms with Gasteiger partial charge in [-0.3, -0.25) is 19.0 Å². The molecule has 0 spiro atoms. The molecule has 0 amide bonds. The van der Waals surface area contributed by atoms with Gasteiger partial charge in [-0.2, -0.15) is 5.10 Å². The first-order chi connectivity index (χ1) is 25.4. The number of methoxy groups -OCH3 is 2. The van der Waals surface area contributed by atoms with Crippen LogP contribution in [-0.2, 0) is 19.1 Å². The van der Waals surface area contributed by atoms with Gasteiger partial charge >= 0.3 is 11.9 Å². The van der Waals surface area contributed by atoms with E-state index in [4.69, 9.17) is 33.9 Å². The van der Waals surface area contributed by atoms with E-state index in [1.54, 1.807) is 35.9 Å². The zero-order valence-electron chi connectivity index (χ0n) is 30.0. The van der Waals surface area contributed by atoms with Crippen molar-refractivity contribution in [3.63, 3.8) is 0 Å². The van der Waals surface area contributed by atoms with Crippen LogP contribution in [0.5, 0.6) is 17.2 Å². The Morgan fingerprint density at radius 2 is 1.68 bits per heavy atom. The molecule has 1 aliphatic heterocycles. The van der Waals surface area contributed by atoms with Gasteiger partial charge in [0.05, 0.1) is 48.4 Å². The Hall–Kier alpha value is -6.28. The summed E-state index contributed by atoms with van der Waals surface area (Å²) >= 11 is 1.21. The van der Waals surface area contributed by atoms with Gasteiger partial charge in [0.25, 0.3) is 11.5 Å². The summed E-state index contributed by atoms with van der Waals surface area (Å²) in [7, 11) is 2.72. The molecule has 5 aromatic rings. The van der Waals surface area contributed by atoms with E-state index in [9.17, 15) is 14.4 Å². The summed E-state index contributed by atoms with van der Waals surface area (Å²) < 4.78 is 25.4. The fourth-order valence-corrected chi connectivity index (χ4v) is 6.64. The summed E-state index contributed by atoms with van der Waals surface area (Å²) in [6.45, 7) is 6.75. The van der Waals surface area contributed by atoms with Crippen LogP contribution in [0.3, 0.4) is 0 Å². The lowest BCUT2D eigenvalue weighted by atomic mass is 9.95. The number of nitrogens with zero attached hydrogens (tertiary/aromatic N) is 4. The molecule has 1 unspecified atom stereocenters. The summed E-state index contributed by atoms with van der Waals surface area (Å²) in [6.07, 6.45) is 4.58. The summed E-state index contributed by atoms with van der Waals surface area (Å²) in [5.41, 5.74) is 3.89. The third-order valence-corrected chi connectivity index (χ3v) is 8.82. The van der Waals surface area contributed by atoms with Gasteiger partial charge < -0.3 is 24.1 Å². The molecule has 3 aromatic carbocycles. The maximum absolute atomic E-state index is 14.4. The number of aromatic nitrogens is 3. The van der Waals surface area contributed by atoms with Crippen molar-refractivity contribution in [3.8, 4) is 34.2 Å². The fourth-order valence-electron chi connectivity index (χ4n) is 5.60. The highest BCUT2D eigenvalue weighted by Crippen LogP contribution is 2.36. The summed E-state index contributed by atoms with van der Waals surface area (Å²) in [4.78, 5) is 53.3. The minimum absolute atomic E-state index is 0.201. The Bertz CT molecular complexity index is 2350. The number of rotatable bonds is 10. The molecule has 0 saturated carbocycles. The van der Waals surface area contributed by atoms with Gasteiger partial charge in [-0.15, -0.1) is 0 Å². The van der Waals surface area contributed by atoms with Crippen molar-refractivity contribution in [3.05, 3.63) is 121 Å². The summed E-state index contributed by atoms with van der Waals surface area (Å²) in [5.74, 6) is -0.739. The molecule has 14 heteroatoms. The third kappa shape index (κ3) is 8.61. The Kier molecular flexibility index (Phi) is 12.1. The van der Waals surface area contributed by atoms with E-state index in [2.05, 4.69) is 11.9 Å². The van der Waals surface area contributed by atoms with Gasteiger partial charge in [-0.25, -0.2) is 14.5 Å². The molecule has 2 aromatic heterocycles. The molecule has 1 atom stereocenters. The van der Waals surface area contributed by atoms with E-state index in [1.165, 1.54) is 37.0 Å². The molecule has 6 rings (SSSR count). The number of ether oxygens (including phenoxy) is 4. The highest BCUT2D eigenvalue weighted by Gasteiger charge is 2.34. The number of benzene rings is 3. The Balaban J connectivity index is 0.00000129. The number of carbonyl (C=O) groups excluding carboxylic acids is 2. The average Bonchev–Trinajstić information content (AvgIpc) is 3.70. The van der Waals surface area contributed by atoms with Crippen LogP contribution in [0.1, 0.15) is 51.3 Å². The van der Waals surface area contributed by atoms with Crippen LogP contribution in [0.2, 0.25) is 0 Å². The number of esters is 2. The lowest BCUT2D eigenvalue weighted by Crippen LogP contribution is -2.39. The van der Waals surface area contributed by atoms with Crippen LogP contribution < -0.4 is 29.1 Å². The monoisotopic (exact) mass is 738 g/mol. The van der Waals surface area contributed by atoms with Crippen LogP contribution in [0.25, 0.3) is 23.0 Å². The van der Waals surface area contributed by atoms with Crippen molar-refractivity contribution >= 4 is 35.3 Å². The van der Waals surface area contributed by atoms with Crippen LogP contribution in [0, 0.1) is 0 Å². The number of carbonyl (C=O) groups is 3. The quantitative estimate of drug-likeness (QED) is 0.151. The first-order valence-corrected chi connectivity index (χ1v) is 17.3. The zero-order valence-corrected chi connectivity index (χ0v) is 30.8. The van der Waals surface area contributed by atoms with E-state index in [1.807, 2.05) is 60.8 Å². The fraction of sp³-hybridized carbons (Fsp3) is 0.231. The minimum atomic E-state index is -0.895. The predicted octanol–water partition coefficient (Wildman–Crippen LogP) is 5.07. The van der Waals surface area contributed by atoms with E-state index in [-0.39, 0.29) is 22.6 Å². The Labute approximate surface area is 308 Å². The zero-order chi connectivity index (χ0) is 38.2. The average molecular weight is 739 g/mol. The number of allylic oxidation sites excluding steroid dienone is 1. The van der Waals surface area contributed by atoms with E-state index >= 15 is 0 Å². The first kappa shape index (κ1) is 38.0. The molecule has 0 fully saturated rings. The number of fused-ring (bicyclic) bond motifs is 1. The topological polar surface area (TPSA) is 161 Å². The minimum Gasteiger partial charge on any atom is -0.494 e. The lowest BCUT2D eigenvalue weighted by Gasteiger charge is -2.25. The van der Waals surface area contributed by atoms with Crippen LogP contribution in [0.4, 0.5) is 0 Å². The van der Waals surface area contributed by atoms with Gasteiger partial charge in [0.1, 0.15) is 11.4 Å². The van der Waals surface area contributed by atoms with E-state index < -0.39 is 23.9 Å². The number of hydrogen-bond donors (Lipinski definition) is 1. The number of aliphatic carboxylic acids is 1. The van der Waals surface area contributed by atoms with Gasteiger partial charge in [0, 0.05) is 31.2 Å². The second-order valence-electron chi connectivity index (χ2n) is 11.7. The van der Waals surface area contributed by atoms with Gasteiger partial charge in [-0.05, 0) is 73.5 Å². The van der Waals surface area contributed by atoms with Crippen molar-refractivity contribution in [1.82, 2.24) is 14.3 Å². The summed E-state index contributed by atoms with van der Waals surface area (Å²) in [5, 5.41) is 12.3. The summed E-state index contributed by atoms with van der Waals surface area (Å²) in [6, 6.07) is 21.4. The molecule has 3 heterocycles. The second kappa shape index (κ2) is 16.8. The highest BCUT2D eigenvalue weighted by atomic mass is 32.1. The molecule has 1 N–H and O–H groups in total. The normalized spacial score (nSPS) is 13.6. The molecule has 0 bridgehead atoms. The molecule has 53 heavy (non-hydrogen) atoms. The number of thiazole rings is 1. The van der Waals surface area contributed by atoms with Gasteiger partial charge in [0.2, 0.25) is 0 Å². The first-order valence-electron chi connectivity index (χ1n) is 16.5. The predicted molar refractivity (Wildman–Crippen MR) is 198 cm³/mol. The maximum Gasteiger partial charge on any atom is 0.338 e. The van der Waals surface area contributed by atoms with E-state index in [0.717, 1.165) is 30.3 Å². The largest absolute Gasteiger partial charge is 0.494 e.